The van der Waals surface area contributed by atoms with E-state index in [1.165, 1.54) is 0 Å². The van der Waals surface area contributed by atoms with E-state index in [9.17, 15) is 4.79 Å². The highest BCUT2D eigenvalue weighted by molar-refractivity contribution is 6.19. The maximum Gasteiger partial charge on any atom is 0.225 e. The van der Waals surface area contributed by atoms with Crippen LogP contribution in [0, 0.1) is 6.92 Å². The lowest BCUT2D eigenvalue weighted by Gasteiger charge is -2.14. The lowest BCUT2D eigenvalue weighted by atomic mass is 10.1. The number of benzene rings is 1. The van der Waals surface area contributed by atoms with Crippen LogP contribution in [0.3, 0.4) is 0 Å². The second-order valence-corrected chi connectivity index (χ2v) is 3.89. The van der Waals surface area contributed by atoms with Crippen LogP contribution in [0.4, 0.5) is 5.69 Å². The summed E-state index contributed by atoms with van der Waals surface area (Å²) in [6.45, 7) is 1.88. The van der Waals surface area contributed by atoms with Crippen LogP contribution in [0.15, 0.2) is 12.1 Å². The van der Waals surface area contributed by atoms with Crippen molar-refractivity contribution in [2.45, 2.75) is 13.3 Å². The van der Waals surface area contributed by atoms with Crippen LogP contribution in [-0.4, -0.2) is 26.0 Å². The molecule has 17 heavy (non-hydrogen) atoms. The van der Waals surface area contributed by atoms with Crippen LogP contribution in [0.2, 0.25) is 0 Å². The van der Waals surface area contributed by atoms with E-state index in [1.54, 1.807) is 20.3 Å². The average Bonchev–Trinajstić information content (AvgIpc) is 2.31. The molecule has 0 saturated heterocycles. The van der Waals surface area contributed by atoms with Gasteiger partial charge in [0.1, 0.15) is 11.5 Å². The van der Waals surface area contributed by atoms with E-state index in [4.69, 9.17) is 21.1 Å². The van der Waals surface area contributed by atoms with E-state index in [0.717, 1.165) is 5.56 Å². The van der Waals surface area contributed by atoms with Crippen LogP contribution in [0.5, 0.6) is 11.5 Å². The number of halogens is 1. The molecule has 0 spiro atoms. The summed E-state index contributed by atoms with van der Waals surface area (Å²) in [7, 11) is 3.13. The highest BCUT2D eigenvalue weighted by Gasteiger charge is 2.12. The number of rotatable bonds is 5. The smallest absolute Gasteiger partial charge is 0.225 e. The molecule has 1 aromatic carbocycles. The molecule has 0 saturated carbocycles. The molecule has 0 aliphatic rings. The van der Waals surface area contributed by atoms with Gasteiger partial charge in [-0.25, -0.2) is 0 Å². The van der Waals surface area contributed by atoms with E-state index in [-0.39, 0.29) is 12.3 Å². The molecule has 0 heterocycles. The summed E-state index contributed by atoms with van der Waals surface area (Å²) in [4.78, 5) is 11.5. The van der Waals surface area contributed by atoms with Crippen LogP contribution in [0.1, 0.15) is 12.0 Å². The van der Waals surface area contributed by atoms with Crippen LogP contribution >= 0.6 is 11.6 Å². The molecule has 0 aromatic heterocycles. The highest BCUT2D eigenvalue weighted by Crippen LogP contribution is 2.33. The quantitative estimate of drug-likeness (QED) is 0.825. The SMILES string of the molecule is COc1cc(C)c(NC(=O)CCCl)c(OC)c1. The van der Waals surface area contributed by atoms with Gasteiger partial charge in [-0.05, 0) is 18.6 Å². The third-order valence-corrected chi connectivity index (χ3v) is 2.50. The summed E-state index contributed by atoms with van der Waals surface area (Å²) >= 11 is 5.51. The Labute approximate surface area is 106 Å². The standard InChI is InChI=1S/C12H16ClNO3/c1-8-6-9(16-2)7-10(17-3)12(8)14-11(15)4-5-13/h6-7H,4-5H2,1-3H3,(H,14,15). The van der Waals surface area contributed by atoms with Crippen molar-refractivity contribution in [3.05, 3.63) is 17.7 Å². The van der Waals surface area contributed by atoms with E-state index >= 15 is 0 Å². The maximum atomic E-state index is 11.5. The van der Waals surface area contributed by atoms with E-state index in [2.05, 4.69) is 5.32 Å². The Bertz CT molecular complexity index is 407. The number of carbonyl (C=O) groups excluding carboxylic acids is 1. The molecule has 1 aromatic rings. The predicted octanol–water partition coefficient (Wildman–Crippen LogP) is 2.58. The molecular formula is C12H16ClNO3. The number of alkyl halides is 1. The van der Waals surface area contributed by atoms with Gasteiger partial charge in [0.2, 0.25) is 5.91 Å². The van der Waals surface area contributed by atoms with Crippen molar-refractivity contribution >= 4 is 23.2 Å². The monoisotopic (exact) mass is 257 g/mol. The number of anilines is 1. The fourth-order valence-corrected chi connectivity index (χ4v) is 1.62. The Morgan fingerprint density at radius 1 is 1.35 bits per heavy atom. The van der Waals surface area contributed by atoms with Crippen molar-refractivity contribution in [1.82, 2.24) is 0 Å². The van der Waals surface area contributed by atoms with Crippen molar-refractivity contribution in [2.24, 2.45) is 0 Å². The molecule has 0 bridgehead atoms. The topological polar surface area (TPSA) is 47.6 Å². The van der Waals surface area contributed by atoms with Gasteiger partial charge < -0.3 is 14.8 Å². The molecule has 0 radical (unpaired) electrons. The zero-order valence-electron chi connectivity index (χ0n) is 10.2. The molecule has 94 valence electrons. The number of aryl methyl sites for hydroxylation is 1. The first-order valence-electron chi connectivity index (χ1n) is 5.20. The number of hydrogen-bond acceptors (Lipinski definition) is 3. The van der Waals surface area contributed by atoms with Crippen molar-refractivity contribution in [3.8, 4) is 11.5 Å². The third-order valence-electron chi connectivity index (χ3n) is 2.31. The number of ether oxygens (including phenoxy) is 2. The minimum atomic E-state index is -0.133. The molecule has 0 fully saturated rings. The van der Waals surface area contributed by atoms with Gasteiger partial charge in [0.05, 0.1) is 19.9 Å². The van der Waals surface area contributed by atoms with Gasteiger partial charge in [-0.1, -0.05) is 0 Å². The highest BCUT2D eigenvalue weighted by atomic mass is 35.5. The summed E-state index contributed by atoms with van der Waals surface area (Å²) in [5, 5.41) is 2.78. The van der Waals surface area contributed by atoms with Gasteiger partial charge in [-0.2, -0.15) is 0 Å². The van der Waals surface area contributed by atoms with Gasteiger partial charge in [0, 0.05) is 18.4 Å². The molecule has 0 unspecified atom stereocenters. The summed E-state index contributed by atoms with van der Waals surface area (Å²) < 4.78 is 10.4. The van der Waals surface area contributed by atoms with Crippen LogP contribution in [0.25, 0.3) is 0 Å². The maximum absolute atomic E-state index is 11.5. The fourth-order valence-electron chi connectivity index (χ4n) is 1.45. The van der Waals surface area contributed by atoms with Gasteiger partial charge in [0.15, 0.2) is 0 Å². The molecular weight excluding hydrogens is 242 g/mol. The van der Waals surface area contributed by atoms with E-state index < -0.39 is 0 Å². The number of nitrogens with one attached hydrogen (secondary N) is 1. The molecule has 4 nitrogen and oxygen atoms in total. The Morgan fingerprint density at radius 2 is 2.06 bits per heavy atom. The lowest BCUT2D eigenvalue weighted by molar-refractivity contribution is -0.115. The van der Waals surface area contributed by atoms with Crippen molar-refractivity contribution < 1.29 is 14.3 Å². The second-order valence-electron chi connectivity index (χ2n) is 3.51. The molecule has 1 N–H and O–H groups in total. The second kappa shape index (κ2) is 6.35. The fraction of sp³-hybridized carbons (Fsp3) is 0.417. The molecule has 1 amide bonds. The summed E-state index contributed by atoms with van der Waals surface area (Å²) in [5.74, 6) is 1.43. The zero-order valence-corrected chi connectivity index (χ0v) is 10.9. The van der Waals surface area contributed by atoms with Crippen LogP contribution in [-0.2, 0) is 4.79 Å². The Hall–Kier alpha value is -1.42. The minimum absolute atomic E-state index is 0.133. The van der Waals surface area contributed by atoms with Crippen LogP contribution < -0.4 is 14.8 Å². The third kappa shape index (κ3) is 3.53. The first-order chi connectivity index (χ1) is 8.12. The number of methoxy groups -OCH3 is 2. The first-order valence-corrected chi connectivity index (χ1v) is 5.74. The normalized spacial score (nSPS) is 9.88. The van der Waals surface area contributed by atoms with E-state index in [0.29, 0.717) is 23.1 Å². The predicted molar refractivity (Wildman–Crippen MR) is 68.2 cm³/mol. The molecule has 5 heteroatoms. The van der Waals surface area contributed by atoms with Gasteiger partial charge in [0.25, 0.3) is 0 Å². The largest absolute Gasteiger partial charge is 0.497 e. The Kier molecular flexibility index (Phi) is 5.10. The van der Waals surface area contributed by atoms with Crippen molar-refractivity contribution in [3.63, 3.8) is 0 Å². The summed E-state index contributed by atoms with van der Waals surface area (Å²) in [5.41, 5.74) is 1.53. The molecule has 0 aliphatic carbocycles. The number of carbonyl (C=O) groups is 1. The van der Waals surface area contributed by atoms with Gasteiger partial charge in [-0.15, -0.1) is 11.6 Å². The summed E-state index contributed by atoms with van der Waals surface area (Å²) in [6, 6.07) is 3.56. The molecule has 1 rings (SSSR count). The summed E-state index contributed by atoms with van der Waals surface area (Å²) in [6.07, 6.45) is 0.274. The Balaban J connectivity index is 3.01. The molecule has 0 aliphatic heterocycles. The minimum Gasteiger partial charge on any atom is -0.497 e. The average molecular weight is 258 g/mol. The Morgan fingerprint density at radius 3 is 2.59 bits per heavy atom. The number of hydrogen-bond donors (Lipinski definition) is 1. The first kappa shape index (κ1) is 13.6. The lowest BCUT2D eigenvalue weighted by Crippen LogP contribution is -2.13. The van der Waals surface area contributed by atoms with Gasteiger partial charge >= 0.3 is 0 Å². The van der Waals surface area contributed by atoms with Gasteiger partial charge in [-0.3, -0.25) is 4.79 Å². The molecule has 0 atom stereocenters. The van der Waals surface area contributed by atoms with Crippen molar-refractivity contribution in [2.75, 3.05) is 25.4 Å². The number of amides is 1. The zero-order chi connectivity index (χ0) is 12.8. The van der Waals surface area contributed by atoms with Crippen molar-refractivity contribution in [1.29, 1.82) is 0 Å². The van der Waals surface area contributed by atoms with E-state index in [1.807, 2.05) is 13.0 Å².